The van der Waals surface area contributed by atoms with Gasteiger partial charge in [-0.1, -0.05) is 12.1 Å². The van der Waals surface area contributed by atoms with E-state index >= 15 is 0 Å². The molecule has 0 spiro atoms. The zero-order valence-corrected chi connectivity index (χ0v) is 21.7. The summed E-state index contributed by atoms with van der Waals surface area (Å²) in [7, 11) is 0. The molecule has 3 heterocycles. The third-order valence-electron chi connectivity index (χ3n) is 7.24. The van der Waals surface area contributed by atoms with E-state index in [2.05, 4.69) is 0 Å². The van der Waals surface area contributed by atoms with Crippen LogP contribution in [0.15, 0.2) is 42.2 Å². The molecule has 2 saturated heterocycles. The first-order valence-electron chi connectivity index (χ1n) is 12.8. The second-order valence-electron chi connectivity index (χ2n) is 10.2. The molecule has 0 aliphatic carbocycles. The van der Waals surface area contributed by atoms with Crippen LogP contribution in [0.25, 0.3) is 6.08 Å². The number of ether oxygens (including phenoxy) is 5. The highest BCUT2D eigenvalue weighted by Crippen LogP contribution is 2.44. The maximum atomic E-state index is 10.7. The molecule has 0 radical (unpaired) electrons. The molecule has 0 amide bonds. The van der Waals surface area contributed by atoms with Gasteiger partial charge in [-0.15, -0.1) is 0 Å². The number of hydrogen-bond donors (Lipinski definition) is 9. The normalized spacial score (nSPS) is 37.0. The highest BCUT2D eigenvalue weighted by Gasteiger charge is 2.48. The molecule has 14 heteroatoms. The summed E-state index contributed by atoms with van der Waals surface area (Å²) in [5.74, 6) is -0.468. The predicted molar refractivity (Wildman–Crippen MR) is 135 cm³/mol. The molecule has 2 aromatic rings. The fraction of sp³-hybridized carbons (Fsp3) is 0.481. The Morgan fingerprint density at radius 1 is 0.732 bits per heavy atom. The molecule has 5 rings (SSSR count). The summed E-state index contributed by atoms with van der Waals surface area (Å²) in [6, 6.07) is 8.27. The minimum atomic E-state index is -1.76. The molecule has 3 aliphatic rings. The summed E-state index contributed by atoms with van der Waals surface area (Å²) < 4.78 is 28.5. The zero-order chi connectivity index (χ0) is 29.6. The summed E-state index contributed by atoms with van der Waals surface area (Å²) in [5.41, 5.74) is 0.628. The summed E-state index contributed by atoms with van der Waals surface area (Å²) in [6.45, 7) is 0.982. The fourth-order valence-electron chi connectivity index (χ4n) is 4.85. The van der Waals surface area contributed by atoms with Crippen molar-refractivity contribution in [3.05, 3.63) is 53.3 Å². The number of hydrogen-bond acceptors (Lipinski definition) is 14. The van der Waals surface area contributed by atoms with Crippen LogP contribution in [0.5, 0.6) is 23.0 Å². The molecular weight excluding hydrogens is 548 g/mol. The largest absolute Gasteiger partial charge is 0.508 e. The highest BCUT2D eigenvalue weighted by molar-refractivity contribution is 5.69. The Balaban J connectivity index is 1.37. The molecule has 1 unspecified atom stereocenters. The van der Waals surface area contributed by atoms with Crippen molar-refractivity contribution in [1.29, 1.82) is 0 Å². The summed E-state index contributed by atoms with van der Waals surface area (Å²) in [6.07, 6.45) is -14.5. The van der Waals surface area contributed by atoms with Gasteiger partial charge in [0.1, 0.15) is 71.5 Å². The van der Waals surface area contributed by atoms with Crippen molar-refractivity contribution in [2.75, 3.05) is 6.61 Å². The summed E-state index contributed by atoms with van der Waals surface area (Å²) in [4.78, 5) is 0. The van der Waals surface area contributed by atoms with E-state index in [9.17, 15) is 46.0 Å². The van der Waals surface area contributed by atoms with Crippen LogP contribution in [0.4, 0.5) is 0 Å². The van der Waals surface area contributed by atoms with E-state index in [-0.39, 0.29) is 34.3 Å². The molecule has 14 nitrogen and oxygen atoms in total. The van der Waals surface area contributed by atoms with E-state index in [1.807, 2.05) is 0 Å². The van der Waals surface area contributed by atoms with Gasteiger partial charge in [-0.2, -0.15) is 0 Å². The average Bonchev–Trinajstić information content (AvgIpc) is 2.94. The lowest BCUT2D eigenvalue weighted by Crippen LogP contribution is -2.61. The first-order chi connectivity index (χ1) is 19.4. The van der Waals surface area contributed by atoms with E-state index in [0.717, 1.165) is 6.07 Å². The number of aromatic hydroxyl groups is 3. The van der Waals surface area contributed by atoms with Gasteiger partial charge in [0.15, 0.2) is 12.4 Å². The van der Waals surface area contributed by atoms with Gasteiger partial charge in [0.2, 0.25) is 6.29 Å². The van der Waals surface area contributed by atoms with Crippen molar-refractivity contribution in [3.63, 3.8) is 0 Å². The maximum absolute atomic E-state index is 10.7. The lowest BCUT2D eigenvalue weighted by atomic mass is 9.98. The Labute approximate surface area is 233 Å². The van der Waals surface area contributed by atoms with Gasteiger partial charge in [-0.05, 0) is 25.1 Å². The fourth-order valence-corrected chi connectivity index (χ4v) is 4.85. The van der Waals surface area contributed by atoms with Crippen LogP contribution in [-0.2, 0) is 18.9 Å². The molecule has 2 aromatic carbocycles. The number of aliphatic hydroxyl groups excluding tert-OH is 6. The van der Waals surface area contributed by atoms with Gasteiger partial charge in [0.05, 0.1) is 18.3 Å². The minimum absolute atomic E-state index is 0.00783. The van der Waals surface area contributed by atoms with Crippen LogP contribution in [-0.4, -0.2) is 114 Å². The Morgan fingerprint density at radius 2 is 1.39 bits per heavy atom. The second-order valence-corrected chi connectivity index (χ2v) is 10.2. The van der Waals surface area contributed by atoms with Crippen molar-refractivity contribution in [2.45, 2.75) is 74.4 Å². The van der Waals surface area contributed by atoms with E-state index in [0.29, 0.717) is 5.56 Å². The third-order valence-corrected chi connectivity index (χ3v) is 7.24. The van der Waals surface area contributed by atoms with Gasteiger partial charge in [-0.25, -0.2) is 0 Å². The zero-order valence-electron chi connectivity index (χ0n) is 21.7. The molecule has 2 fully saturated rings. The number of aliphatic hydroxyl groups is 6. The maximum Gasteiger partial charge on any atom is 0.228 e. The van der Waals surface area contributed by atoms with Crippen LogP contribution < -0.4 is 4.74 Å². The van der Waals surface area contributed by atoms with Crippen LogP contribution in [0.1, 0.15) is 24.2 Å². The van der Waals surface area contributed by atoms with Crippen LogP contribution >= 0.6 is 0 Å². The lowest BCUT2D eigenvalue weighted by molar-refractivity contribution is -0.324. The number of benzene rings is 2. The number of phenolic OH excluding ortho intramolecular Hbond substituents is 3. The Hall–Kier alpha value is -3.18. The third kappa shape index (κ3) is 5.79. The molecule has 3 aliphatic heterocycles. The Kier molecular flexibility index (Phi) is 8.29. The van der Waals surface area contributed by atoms with Gasteiger partial charge in [0.25, 0.3) is 0 Å². The smallest absolute Gasteiger partial charge is 0.228 e. The van der Waals surface area contributed by atoms with Crippen molar-refractivity contribution in [3.8, 4) is 23.0 Å². The molecular formula is C27H32O14. The quantitative estimate of drug-likeness (QED) is 0.199. The molecule has 224 valence electrons. The van der Waals surface area contributed by atoms with E-state index in [1.165, 1.54) is 31.2 Å². The number of rotatable bonds is 6. The van der Waals surface area contributed by atoms with Crippen molar-refractivity contribution in [1.82, 2.24) is 0 Å². The van der Waals surface area contributed by atoms with E-state index < -0.39 is 74.1 Å². The van der Waals surface area contributed by atoms with Crippen LogP contribution in [0.3, 0.4) is 0 Å². The highest BCUT2D eigenvalue weighted by atomic mass is 16.7. The molecule has 11 atom stereocenters. The SMILES string of the molecule is C[C@@H]1O[C@@H](OC[C@H]2O[C@@H](OC3=Cc4c(O)cc(O)cc4OC3c3ccc(O)cc3)[C@H](O)[C@@H](O)[C@@H]2O)[C@H](O)[C@@H](O)[C@H]1O. The lowest BCUT2D eigenvalue weighted by Gasteiger charge is -2.43. The number of phenols is 3. The van der Waals surface area contributed by atoms with Gasteiger partial charge < -0.3 is 69.6 Å². The molecule has 0 bridgehead atoms. The summed E-state index contributed by atoms with van der Waals surface area (Å²) in [5, 5.41) is 91.9. The monoisotopic (exact) mass is 580 g/mol. The van der Waals surface area contributed by atoms with Gasteiger partial charge in [0, 0.05) is 17.7 Å². The van der Waals surface area contributed by atoms with Crippen LogP contribution in [0, 0.1) is 0 Å². The minimum Gasteiger partial charge on any atom is -0.508 e. The number of fused-ring (bicyclic) bond motifs is 1. The van der Waals surface area contributed by atoms with Crippen molar-refractivity contribution >= 4 is 6.08 Å². The van der Waals surface area contributed by atoms with E-state index in [1.54, 1.807) is 12.1 Å². The predicted octanol–water partition coefficient (Wildman–Crippen LogP) is -1.05. The van der Waals surface area contributed by atoms with Gasteiger partial charge in [-0.3, -0.25) is 0 Å². The average molecular weight is 581 g/mol. The van der Waals surface area contributed by atoms with E-state index in [4.69, 9.17) is 23.7 Å². The van der Waals surface area contributed by atoms with Crippen molar-refractivity contribution < 1.29 is 69.6 Å². The first kappa shape index (κ1) is 29.3. The Bertz CT molecular complexity index is 1250. The summed E-state index contributed by atoms with van der Waals surface area (Å²) >= 11 is 0. The Morgan fingerprint density at radius 3 is 2.10 bits per heavy atom. The first-order valence-corrected chi connectivity index (χ1v) is 12.8. The molecule has 9 N–H and O–H groups in total. The second kappa shape index (κ2) is 11.6. The van der Waals surface area contributed by atoms with Crippen molar-refractivity contribution in [2.24, 2.45) is 0 Å². The standard InChI is InChI=1S/C27H32O14/c1-10-19(31)21(33)23(35)26(38-10)37-9-18-20(32)22(34)24(36)27(41-18)40-17-8-14-15(30)6-13(29)7-16(14)39-25(17)11-2-4-12(28)5-3-11/h2-8,10,18-36H,9H2,1H3/t10-,18+,19-,20+,21-,22-,23+,24+,25?,26+,27+/m0/s1. The molecule has 0 aromatic heterocycles. The molecule has 41 heavy (non-hydrogen) atoms. The van der Waals surface area contributed by atoms with Crippen LogP contribution in [0.2, 0.25) is 0 Å². The molecule has 0 saturated carbocycles. The topological polar surface area (TPSA) is 228 Å². The van der Waals surface area contributed by atoms with Gasteiger partial charge >= 0.3 is 0 Å².